The molecule has 0 radical (unpaired) electrons. The molecule has 6 rings (SSSR count). The SMILES string of the molecule is O=C1NS(=O)(=O)C/C=C/[C@H](O)[C@@H]2CC[C@H]2CN2C[C@@]3(CCCc4cc(Cl)ccc43)COc3ccc1cc32. The number of aryl methyl sites for hydroxylation is 1. The van der Waals surface area contributed by atoms with Gasteiger partial charge in [0.25, 0.3) is 5.91 Å². The first-order chi connectivity index (χ1) is 17.7. The van der Waals surface area contributed by atoms with Gasteiger partial charge in [-0.1, -0.05) is 29.8 Å². The molecule has 1 spiro atoms. The van der Waals surface area contributed by atoms with E-state index >= 15 is 0 Å². The van der Waals surface area contributed by atoms with Gasteiger partial charge in [-0.3, -0.25) is 4.79 Å². The van der Waals surface area contributed by atoms with Crippen molar-refractivity contribution < 1.29 is 23.1 Å². The summed E-state index contributed by atoms with van der Waals surface area (Å²) in [5, 5.41) is 11.6. The highest BCUT2D eigenvalue weighted by molar-refractivity contribution is 7.90. The number of rotatable bonds is 0. The number of nitrogens with zero attached hydrogens (tertiary/aromatic N) is 1. The second kappa shape index (κ2) is 9.33. The molecule has 0 saturated heterocycles. The number of hydrogen-bond acceptors (Lipinski definition) is 6. The minimum absolute atomic E-state index is 0.0562. The topological polar surface area (TPSA) is 95.9 Å². The van der Waals surface area contributed by atoms with E-state index in [1.54, 1.807) is 24.3 Å². The monoisotopic (exact) mass is 542 g/mol. The smallest absolute Gasteiger partial charge is 0.264 e. The van der Waals surface area contributed by atoms with E-state index in [4.69, 9.17) is 16.3 Å². The number of amides is 1. The largest absolute Gasteiger partial charge is 0.490 e. The Morgan fingerprint density at radius 3 is 2.84 bits per heavy atom. The van der Waals surface area contributed by atoms with Crippen LogP contribution in [0.15, 0.2) is 48.6 Å². The summed E-state index contributed by atoms with van der Waals surface area (Å²) in [5.74, 6) is -0.0550. The van der Waals surface area contributed by atoms with Crippen molar-refractivity contribution >= 4 is 33.2 Å². The van der Waals surface area contributed by atoms with Crippen LogP contribution in [0.1, 0.15) is 47.2 Å². The standard InChI is InChI=1S/C28H31ClN2O5S/c29-21-7-9-23-18(13-21)3-1-11-28(23)16-31-15-20-5-8-22(20)25(32)4-2-12-37(34,35)30-27(33)19-6-10-26(36-17-28)24(31)14-19/h2,4,6-7,9-10,13-14,20,22,25,32H,1,3,5,8,11-12,15-17H2,(H,30,33)/b4-2+/t20-,22+,25-,28-/m0/s1. The number of anilines is 1. The minimum Gasteiger partial charge on any atom is -0.490 e. The Hall–Kier alpha value is -2.55. The molecular weight excluding hydrogens is 512 g/mol. The molecule has 2 aliphatic carbocycles. The maximum Gasteiger partial charge on any atom is 0.264 e. The molecule has 2 bridgehead atoms. The molecule has 0 aromatic heterocycles. The van der Waals surface area contributed by atoms with Gasteiger partial charge in [-0.2, -0.15) is 0 Å². The fourth-order valence-corrected chi connectivity index (χ4v) is 7.56. The van der Waals surface area contributed by atoms with Crippen molar-refractivity contribution in [3.63, 3.8) is 0 Å². The van der Waals surface area contributed by atoms with Crippen LogP contribution in [-0.4, -0.2) is 51.0 Å². The van der Waals surface area contributed by atoms with Gasteiger partial charge < -0.3 is 14.7 Å². The highest BCUT2D eigenvalue weighted by atomic mass is 35.5. The van der Waals surface area contributed by atoms with E-state index in [0.29, 0.717) is 18.9 Å². The zero-order chi connectivity index (χ0) is 25.8. The van der Waals surface area contributed by atoms with Gasteiger partial charge in [-0.25, -0.2) is 13.1 Å². The van der Waals surface area contributed by atoms with Crippen molar-refractivity contribution in [2.45, 2.75) is 43.6 Å². The maximum atomic E-state index is 12.9. The van der Waals surface area contributed by atoms with Crippen LogP contribution in [0.3, 0.4) is 0 Å². The van der Waals surface area contributed by atoms with Gasteiger partial charge in [-0.15, -0.1) is 0 Å². The molecule has 2 aromatic rings. The summed E-state index contributed by atoms with van der Waals surface area (Å²) in [5.41, 5.74) is 3.33. The van der Waals surface area contributed by atoms with Crippen LogP contribution in [0.4, 0.5) is 5.69 Å². The molecule has 2 aliphatic heterocycles. The zero-order valence-corrected chi connectivity index (χ0v) is 22.1. The van der Waals surface area contributed by atoms with Crippen molar-refractivity contribution in [2.24, 2.45) is 11.8 Å². The van der Waals surface area contributed by atoms with Crippen molar-refractivity contribution in [1.29, 1.82) is 0 Å². The molecule has 2 N–H and O–H groups in total. The van der Waals surface area contributed by atoms with E-state index in [1.807, 2.05) is 6.07 Å². The number of sulfonamides is 1. The summed E-state index contributed by atoms with van der Waals surface area (Å²) in [6, 6.07) is 11.3. The Kier molecular flexibility index (Phi) is 6.24. The number of fused-ring (bicyclic) bond motifs is 4. The van der Waals surface area contributed by atoms with E-state index in [0.717, 1.165) is 49.4 Å². The molecule has 1 fully saturated rings. The van der Waals surface area contributed by atoms with Crippen LogP contribution >= 0.6 is 11.6 Å². The number of ether oxygens (including phenoxy) is 1. The number of nitrogens with one attached hydrogen (secondary N) is 1. The van der Waals surface area contributed by atoms with Crippen molar-refractivity contribution in [1.82, 2.24) is 4.72 Å². The van der Waals surface area contributed by atoms with Gasteiger partial charge in [0.1, 0.15) is 5.75 Å². The summed E-state index contributed by atoms with van der Waals surface area (Å²) in [4.78, 5) is 15.2. The Labute approximate surface area is 222 Å². The van der Waals surface area contributed by atoms with Gasteiger partial charge in [0, 0.05) is 29.1 Å². The normalized spacial score (nSPS) is 31.5. The highest BCUT2D eigenvalue weighted by Crippen LogP contribution is 2.46. The van der Waals surface area contributed by atoms with Crippen LogP contribution in [0.2, 0.25) is 5.02 Å². The predicted octanol–water partition coefficient (Wildman–Crippen LogP) is 3.83. The Bertz CT molecular complexity index is 1380. The first-order valence-corrected chi connectivity index (χ1v) is 15.0. The molecule has 2 heterocycles. The summed E-state index contributed by atoms with van der Waals surface area (Å²) >= 11 is 6.34. The van der Waals surface area contributed by atoms with Gasteiger partial charge in [0.2, 0.25) is 10.0 Å². The lowest BCUT2D eigenvalue weighted by molar-refractivity contribution is 0.0457. The average molecular weight is 543 g/mol. The number of carbonyl (C=O) groups is 1. The minimum atomic E-state index is -3.88. The van der Waals surface area contributed by atoms with Crippen molar-refractivity contribution in [2.75, 3.05) is 30.3 Å². The third-order valence-electron chi connectivity index (χ3n) is 8.57. The first-order valence-electron chi connectivity index (χ1n) is 12.9. The fourth-order valence-electron chi connectivity index (χ4n) is 6.52. The molecule has 37 heavy (non-hydrogen) atoms. The lowest BCUT2D eigenvalue weighted by Gasteiger charge is -2.45. The first kappa shape index (κ1) is 24.8. The van der Waals surface area contributed by atoms with Crippen molar-refractivity contribution in [3.05, 3.63) is 70.3 Å². The number of halogens is 1. The van der Waals surface area contributed by atoms with E-state index in [1.165, 1.54) is 17.2 Å². The van der Waals surface area contributed by atoms with E-state index in [9.17, 15) is 18.3 Å². The molecule has 7 nitrogen and oxygen atoms in total. The van der Waals surface area contributed by atoms with Crippen LogP contribution in [0.25, 0.3) is 0 Å². The number of hydrogen-bond donors (Lipinski definition) is 2. The van der Waals surface area contributed by atoms with Gasteiger partial charge in [0.05, 0.1) is 24.2 Å². The van der Waals surface area contributed by atoms with E-state index < -0.39 is 22.0 Å². The Morgan fingerprint density at radius 2 is 2.03 bits per heavy atom. The Balaban J connectivity index is 1.44. The van der Waals surface area contributed by atoms with E-state index in [-0.39, 0.29) is 28.6 Å². The molecule has 1 amide bonds. The van der Waals surface area contributed by atoms with Gasteiger partial charge in [0.15, 0.2) is 0 Å². The van der Waals surface area contributed by atoms with E-state index in [2.05, 4.69) is 21.8 Å². The zero-order valence-electron chi connectivity index (χ0n) is 20.5. The average Bonchev–Trinajstić information content (AvgIpc) is 2.98. The molecule has 2 aromatic carbocycles. The van der Waals surface area contributed by atoms with Gasteiger partial charge in [-0.05, 0) is 85.4 Å². The second-order valence-corrected chi connectivity index (χ2v) is 13.1. The molecule has 196 valence electrons. The maximum absolute atomic E-state index is 12.9. The van der Waals surface area contributed by atoms with Crippen LogP contribution in [0, 0.1) is 11.8 Å². The third-order valence-corrected chi connectivity index (χ3v) is 9.93. The van der Waals surface area contributed by atoms with Crippen LogP contribution in [-0.2, 0) is 21.9 Å². The molecule has 4 aliphatic rings. The van der Waals surface area contributed by atoms with Gasteiger partial charge >= 0.3 is 0 Å². The predicted molar refractivity (Wildman–Crippen MR) is 143 cm³/mol. The summed E-state index contributed by atoms with van der Waals surface area (Å²) < 4.78 is 33.6. The fraction of sp³-hybridized carbons (Fsp3) is 0.464. The highest BCUT2D eigenvalue weighted by Gasteiger charge is 2.44. The lowest BCUT2D eigenvalue weighted by Crippen LogP contribution is -2.49. The third kappa shape index (κ3) is 4.64. The van der Waals surface area contributed by atoms with Crippen LogP contribution < -0.4 is 14.4 Å². The number of aliphatic hydroxyl groups excluding tert-OH is 1. The molecule has 0 unspecified atom stereocenters. The number of carbonyl (C=O) groups excluding carboxylic acids is 1. The second-order valence-electron chi connectivity index (χ2n) is 10.9. The number of benzene rings is 2. The lowest BCUT2D eigenvalue weighted by atomic mass is 9.68. The van der Waals surface area contributed by atoms with Crippen LogP contribution in [0.5, 0.6) is 5.75 Å². The van der Waals surface area contributed by atoms with Crippen molar-refractivity contribution in [3.8, 4) is 5.75 Å². The summed E-state index contributed by atoms with van der Waals surface area (Å²) in [6.07, 6.45) is 7.13. The summed E-state index contributed by atoms with van der Waals surface area (Å²) in [7, 11) is -3.88. The molecule has 9 heteroatoms. The molecular formula is C28H31ClN2O5S. The quantitative estimate of drug-likeness (QED) is 0.491. The number of aliphatic hydroxyl groups is 1. The summed E-state index contributed by atoms with van der Waals surface area (Å²) in [6.45, 7) is 1.93. The Morgan fingerprint density at radius 1 is 1.16 bits per heavy atom. The molecule has 1 saturated carbocycles. The molecule has 4 atom stereocenters.